The summed E-state index contributed by atoms with van der Waals surface area (Å²) in [5.74, 6) is 0.108. The van der Waals surface area contributed by atoms with Gasteiger partial charge < -0.3 is 10.1 Å². The Kier molecular flexibility index (Phi) is 4.68. The smallest absolute Gasteiger partial charge is 0.140 e. The van der Waals surface area contributed by atoms with Gasteiger partial charge >= 0.3 is 0 Å². The average Bonchev–Trinajstić information content (AvgIpc) is 2.42. The third-order valence-electron chi connectivity index (χ3n) is 3.17. The number of hydrogen-bond donors (Lipinski definition) is 1. The molecule has 0 bridgehead atoms. The quantitative estimate of drug-likeness (QED) is 0.888. The van der Waals surface area contributed by atoms with Gasteiger partial charge in [-0.15, -0.1) is 0 Å². The van der Waals surface area contributed by atoms with Gasteiger partial charge in [0.15, 0.2) is 0 Å². The molecule has 1 saturated heterocycles. The molecular formula is C14H17FN2O. The molecule has 1 aromatic rings. The predicted octanol–water partition coefficient (Wildman–Crippen LogP) is 2.21. The highest BCUT2D eigenvalue weighted by atomic mass is 19.1. The number of nitriles is 1. The van der Waals surface area contributed by atoms with Crippen LogP contribution in [0.25, 0.3) is 0 Å². The SMILES string of the molecule is N#Cc1cc(CNCC2CCCOC2)ccc1F. The monoisotopic (exact) mass is 248 g/mol. The van der Waals surface area contributed by atoms with E-state index in [0.717, 1.165) is 31.7 Å². The van der Waals surface area contributed by atoms with E-state index in [1.54, 1.807) is 12.1 Å². The van der Waals surface area contributed by atoms with Crippen LogP contribution in [0.4, 0.5) is 4.39 Å². The summed E-state index contributed by atoms with van der Waals surface area (Å²) >= 11 is 0. The van der Waals surface area contributed by atoms with Crippen molar-refractivity contribution >= 4 is 0 Å². The van der Waals surface area contributed by atoms with Gasteiger partial charge in [0.1, 0.15) is 11.9 Å². The van der Waals surface area contributed by atoms with E-state index in [4.69, 9.17) is 10.00 Å². The van der Waals surface area contributed by atoms with Crippen molar-refractivity contribution in [1.29, 1.82) is 5.26 Å². The number of nitrogens with one attached hydrogen (secondary N) is 1. The second-order valence-electron chi connectivity index (χ2n) is 4.64. The number of hydrogen-bond acceptors (Lipinski definition) is 3. The van der Waals surface area contributed by atoms with Crippen LogP contribution in [0.2, 0.25) is 0 Å². The van der Waals surface area contributed by atoms with Gasteiger partial charge in [0.2, 0.25) is 0 Å². The van der Waals surface area contributed by atoms with Gasteiger partial charge in [0, 0.05) is 19.7 Å². The van der Waals surface area contributed by atoms with Crippen molar-refractivity contribution in [3.05, 3.63) is 35.1 Å². The molecule has 1 fully saturated rings. The van der Waals surface area contributed by atoms with E-state index in [9.17, 15) is 4.39 Å². The maximum atomic E-state index is 13.1. The van der Waals surface area contributed by atoms with Crippen molar-refractivity contribution < 1.29 is 9.13 Å². The molecule has 0 spiro atoms. The van der Waals surface area contributed by atoms with Crippen molar-refractivity contribution in [1.82, 2.24) is 5.32 Å². The van der Waals surface area contributed by atoms with Crippen LogP contribution in [0.5, 0.6) is 0 Å². The number of halogens is 1. The third kappa shape index (κ3) is 3.52. The number of benzene rings is 1. The van der Waals surface area contributed by atoms with Crippen LogP contribution in [0.3, 0.4) is 0 Å². The molecule has 1 heterocycles. The summed E-state index contributed by atoms with van der Waals surface area (Å²) in [5, 5.41) is 12.1. The predicted molar refractivity (Wildman–Crippen MR) is 66.4 cm³/mol. The van der Waals surface area contributed by atoms with Crippen molar-refractivity contribution in [3.63, 3.8) is 0 Å². The zero-order chi connectivity index (χ0) is 12.8. The fourth-order valence-electron chi connectivity index (χ4n) is 2.16. The van der Waals surface area contributed by atoms with E-state index in [2.05, 4.69) is 5.32 Å². The summed E-state index contributed by atoms with van der Waals surface area (Å²) in [7, 11) is 0. The largest absolute Gasteiger partial charge is 0.381 e. The van der Waals surface area contributed by atoms with E-state index in [-0.39, 0.29) is 5.56 Å². The molecular weight excluding hydrogens is 231 g/mol. The summed E-state index contributed by atoms with van der Waals surface area (Å²) in [6.45, 7) is 3.25. The molecule has 0 radical (unpaired) electrons. The lowest BCUT2D eigenvalue weighted by Gasteiger charge is -2.22. The zero-order valence-corrected chi connectivity index (χ0v) is 10.3. The first-order chi connectivity index (χ1) is 8.79. The first-order valence-electron chi connectivity index (χ1n) is 6.26. The molecule has 1 aliphatic heterocycles. The van der Waals surface area contributed by atoms with E-state index in [1.165, 1.54) is 12.5 Å². The lowest BCUT2D eigenvalue weighted by Crippen LogP contribution is -2.28. The molecule has 0 amide bonds. The Morgan fingerprint density at radius 3 is 3.11 bits per heavy atom. The van der Waals surface area contributed by atoms with Gasteiger partial charge in [0.05, 0.1) is 12.2 Å². The van der Waals surface area contributed by atoms with Gasteiger partial charge in [-0.05, 0) is 36.5 Å². The fourth-order valence-corrected chi connectivity index (χ4v) is 2.16. The molecule has 0 aliphatic carbocycles. The standard InChI is InChI=1S/C14H17FN2O/c15-14-4-3-11(6-13(14)7-16)8-17-9-12-2-1-5-18-10-12/h3-4,6,12,17H,1-2,5,8-10H2. The Bertz CT molecular complexity index is 436. The summed E-state index contributed by atoms with van der Waals surface area (Å²) in [6, 6.07) is 6.50. The van der Waals surface area contributed by atoms with Crippen molar-refractivity contribution in [2.24, 2.45) is 5.92 Å². The third-order valence-corrected chi connectivity index (χ3v) is 3.17. The molecule has 2 rings (SSSR count). The molecule has 1 aliphatic rings. The van der Waals surface area contributed by atoms with Crippen LogP contribution in [0.15, 0.2) is 18.2 Å². The Morgan fingerprint density at radius 1 is 1.50 bits per heavy atom. The van der Waals surface area contributed by atoms with E-state index in [1.807, 2.05) is 6.07 Å². The minimum Gasteiger partial charge on any atom is -0.381 e. The van der Waals surface area contributed by atoms with Crippen LogP contribution < -0.4 is 5.32 Å². The topological polar surface area (TPSA) is 45.0 Å². The summed E-state index contributed by atoms with van der Waals surface area (Å²) in [4.78, 5) is 0. The summed E-state index contributed by atoms with van der Waals surface area (Å²) < 4.78 is 18.5. The maximum Gasteiger partial charge on any atom is 0.140 e. The lowest BCUT2D eigenvalue weighted by molar-refractivity contribution is 0.0547. The van der Waals surface area contributed by atoms with Crippen molar-refractivity contribution in [2.75, 3.05) is 19.8 Å². The molecule has 1 atom stereocenters. The number of rotatable bonds is 4. The van der Waals surface area contributed by atoms with Gasteiger partial charge in [0.25, 0.3) is 0 Å². The van der Waals surface area contributed by atoms with Gasteiger partial charge in [-0.1, -0.05) is 6.07 Å². The van der Waals surface area contributed by atoms with Gasteiger partial charge in [-0.2, -0.15) is 5.26 Å². The van der Waals surface area contributed by atoms with E-state index < -0.39 is 5.82 Å². The average molecular weight is 248 g/mol. The molecule has 96 valence electrons. The van der Waals surface area contributed by atoms with Crippen LogP contribution in [-0.2, 0) is 11.3 Å². The van der Waals surface area contributed by atoms with Crippen molar-refractivity contribution in [3.8, 4) is 6.07 Å². The fraction of sp³-hybridized carbons (Fsp3) is 0.500. The van der Waals surface area contributed by atoms with Crippen molar-refractivity contribution in [2.45, 2.75) is 19.4 Å². The lowest BCUT2D eigenvalue weighted by atomic mass is 10.0. The summed E-state index contributed by atoms with van der Waals surface area (Å²) in [5.41, 5.74) is 1.04. The van der Waals surface area contributed by atoms with Gasteiger partial charge in [-0.25, -0.2) is 4.39 Å². The Balaban J connectivity index is 1.81. The minimum atomic E-state index is -0.457. The van der Waals surface area contributed by atoms with E-state index in [0.29, 0.717) is 12.5 Å². The van der Waals surface area contributed by atoms with Crippen LogP contribution >= 0.6 is 0 Å². The highest BCUT2D eigenvalue weighted by molar-refractivity contribution is 5.34. The second kappa shape index (κ2) is 6.48. The van der Waals surface area contributed by atoms with Crippen LogP contribution in [-0.4, -0.2) is 19.8 Å². The van der Waals surface area contributed by atoms with Crippen LogP contribution in [0.1, 0.15) is 24.0 Å². The highest BCUT2D eigenvalue weighted by Gasteiger charge is 2.13. The molecule has 4 heteroatoms. The first kappa shape index (κ1) is 13.0. The first-order valence-corrected chi connectivity index (χ1v) is 6.26. The Hall–Kier alpha value is -1.44. The highest BCUT2D eigenvalue weighted by Crippen LogP contribution is 2.13. The molecule has 18 heavy (non-hydrogen) atoms. The molecule has 1 aromatic carbocycles. The number of ether oxygens (including phenoxy) is 1. The maximum absolute atomic E-state index is 13.1. The second-order valence-corrected chi connectivity index (χ2v) is 4.64. The Labute approximate surface area is 107 Å². The number of nitrogens with zero attached hydrogens (tertiary/aromatic N) is 1. The minimum absolute atomic E-state index is 0.107. The van der Waals surface area contributed by atoms with Gasteiger partial charge in [-0.3, -0.25) is 0 Å². The van der Waals surface area contributed by atoms with E-state index >= 15 is 0 Å². The molecule has 0 aromatic heterocycles. The molecule has 1 unspecified atom stereocenters. The normalized spacial score (nSPS) is 19.4. The molecule has 3 nitrogen and oxygen atoms in total. The van der Waals surface area contributed by atoms with Crippen LogP contribution in [0, 0.1) is 23.1 Å². The molecule has 0 saturated carbocycles. The Morgan fingerprint density at radius 2 is 2.39 bits per heavy atom. The molecule has 1 N–H and O–H groups in total. The summed E-state index contributed by atoms with van der Waals surface area (Å²) in [6.07, 6.45) is 2.32. The zero-order valence-electron chi connectivity index (χ0n) is 10.3.